The highest BCUT2D eigenvalue weighted by Gasteiger charge is 2.38. The molecule has 0 bridgehead atoms. The van der Waals surface area contributed by atoms with Crippen LogP contribution in [0.15, 0.2) is 43.0 Å². The van der Waals surface area contributed by atoms with Crippen molar-refractivity contribution >= 4 is 47.0 Å². The van der Waals surface area contributed by atoms with Gasteiger partial charge in [-0.15, -0.1) is 0 Å². The molecule has 258 valence electrons. The zero-order valence-corrected chi connectivity index (χ0v) is 26.7. The number of carbonyl (C=O) groups is 3. The molecule has 3 aromatic heterocycles. The van der Waals surface area contributed by atoms with Gasteiger partial charge in [-0.1, -0.05) is 11.6 Å². The molecule has 0 saturated carbocycles. The number of halogens is 4. The van der Waals surface area contributed by atoms with Crippen LogP contribution >= 0.6 is 11.6 Å². The molecule has 4 aromatic rings. The first-order valence-electron chi connectivity index (χ1n) is 15.0. The van der Waals surface area contributed by atoms with Crippen LogP contribution in [0.4, 0.5) is 24.7 Å². The smallest absolute Gasteiger partial charge is 0.435 e. The van der Waals surface area contributed by atoms with E-state index in [1.165, 1.54) is 23.0 Å². The summed E-state index contributed by atoms with van der Waals surface area (Å²) in [4.78, 5) is 48.5. The standard InChI is InChI=1S/C29H29ClF3N11O2.CH2O2/c30-22-15-19(1-2-20(22)28(46)42-13-11-40(12-14-42)18-24(45)41-8-4-35-5-9-41)38-26-27-37-16-23(44(27)10-6-36-26)21-17-43(7-3-34)39-25(21)29(31,32)33;2-1-3/h1-2,6,10,15-17,35H,4-5,7-9,11-14,18H2,(H,36,38);1H,(H,2,3). The Morgan fingerprint density at radius 3 is 2.47 bits per heavy atom. The van der Waals surface area contributed by atoms with Gasteiger partial charge < -0.3 is 25.5 Å². The molecule has 0 atom stereocenters. The predicted octanol–water partition coefficient (Wildman–Crippen LogP) is 2.42. The molecule has 2 saturated heterocycles. The lowest BCUT2D eigenvalue weighted by Gasteiger charge is -2.36. The Balaban J connectivity index is 0.00000151. The molecular formula is C30H31ClF3N11O4. The van der Waals surface area contributed by atoms with Crippen LogP contribution in [0.1, 0.15) is 16.1 Å². The number of benzene rings is 1. The van der Waals surface area contributed by atoms with Gasteiger partial charge >= 0.3 is 6.18 Å². The number of nitriles is 1. The van der Waals surface area contributed by atoms with Gasteiger partial charge in [-0.05, 0) is 18.2 Å². The minimum atomic E-state index is -4.75. The molecule has 15 nitrogen and oxygen atoms in total. The van der Waals surface area contributed by atoms with E-state index < -0.39 is 11.9 Å². The second kappa shape index (κ2) is 15.3. The fourth-order valence-electron chi connectivity index (χ4n) is 5.57. The largest absolute Gasteiger partial charge is 0.483 e. The summed E-state index contributed by atoms with van der Waals surface area (Å²) >= 11 is 6.55. The van der Waals surface area contributed by atoms with Gasteiger partial charge in [0.05, 0.1) is 40.7 Å². The molecule has 0 spiro atoms. The molecular weight excluding hydrogens is 671 g/mol. The molecule has 0 aliphatic carbocycles. The normalized spacial score (nSPS) is 15.3. The Morgan fingerprint density at radius 1 is 1.10 bits per heavy atom. The molecule has 5 heterocycles. The zero-order valence-electron chi connectivity index (χ0n) is 25.9. The third-order valence-electron chi connectivity index (χ3n) is 7.92. The number of hydrogen-bond donors (Lipinski definition) is 3. The predicted molar refractivity (Wildman–Crippen MR) is 170 cm³/mol. The molecule has 2 fully saturated rings. The summed E-state index contributed by atoms with van der Waals surface area (Å²) < 4.78 is 43.7. The number of nitrogens with one attached hydrogen (secondary N) is 2. The topological polar surface area (TPSA) is 177 Å². The lowest BCUT2D eigenvalue weighted by atomic mass is 10.1. The SMILES string of the molecule is N#CCn1cc(-c2cnc3c(Nc4ccc(C(=O)N5CCN(CC(=O)N6CCNCC6)CC5)c(Cl)c4)nccn23)c(C(F)(F)F)n1.O=CO. The maximum Gasteiger partial charge on any atom is 0.435 e. The highest BCUT2D eigenvalue weighted by atomic mass is 35.5. The minimum absolute atomic E-state index is 0.0990. The maximum absolute atomic E-state index is 13.8. The van der Waals surface area contributed by atoms with Crippen LogP contribution in [0.25, 0.3) is 16.9 Å². The van der Waals surface area contributed by atoms with Gasteiger partial charge in [0.1, 0.15) is 6.54 Å². The lowest BCUT2D eigenvalue weighted by Crippen LogP contribution is -2.53. The summed E-state index contributed by atoms with van der Waals surface area (Å²) in [7, 11) is 0. The average Bonchev–Trinajstić information content (AvgIpc) is 3.71. The fraction of sp³-hybridized carbons (Fsp3) is 0.367. The van der Waals surface area contributed by atoms with E-state index in [-0.39, 0.29) is 52.6 Å². The number of anilines is 2. The molecule has 19 heteroatoms. The monoisotopic (exact) mass is 701 g/mol. The molecule has 49 heavy (non-hydrogen) atoms. The molecule has 0 unspecified atom stereocenters. The van der Waals surface area contributed by atoms with Gasteiger partial charge in [0.25, 0.3) is 12.4 Å². The van der Waals surface area contributed by atoms with Crippen LogP contribution in [-0.2, 0) is 22.3 Å². The summed E-state index contributed by atoms with van der Waals surface area (Å²) in [6.45, 7) is 4.81. The highest BCUT2D eigenvalue weighted by Crippen LogP contribution is 2.37. The molecule has 6 rings (SSSR count). The Bertz CT molecular complexity index is 1860. The molecule has 2 aliphatic rings. The number of nitrogens with zero attached hydrogens (tertiary/aromatic N) is 9. The number of carbonyl (C=O) groups excluding carboxylic acids is 2. The van der Waals surface area contributed by atoms with E-state index in [1.54, 1.807) is 29.2 Å². The summed E-state index contributed by atoms with van der Waals surface area (Å²) in [6.07, 6.45) is 0.568. The number of aromatic nitrogens is 5. The number of amides is 2. The first-order chi connectivity index (χ1) is 23.5. The Morgan fingerprint density at radius 2 is 1.82 bits per heavy atom. The molecule has 2 amide bonds. The minimum Gasteiger partial charge on any atom is -0.483 e. The van der Waals surface area contributed by atoms with Crippen molar-refractivity contribution in [2.24, 2.45) is 0 Å². The van der Waals surface area contributed by atoms with Crippen LogP contribution in [0, 0.1) is 11.3 Å². The van der Waals surface area contributed by atoms with Crippen LogP contribution in [-0.4, -0.2) is 121 Å². The van der Waals surface area contributed by atoms with Crippen LogP contribution < -0.4 is 10.6 Å². The van der Waals surface area contributed by atoms with Crippen molar-refractivity contribution in [1.29, 1.82) is 5.26 Å². The maximum atomic E-state index is 13.8. The zero-order chi connectivity index (χ0) is 35.1. The second-order valence-electron chi connectivity index (χ2n) is 11.0. The molecule has 3 N–H and O–H groups in total. The summed E-state index contributed by atoms with van der Waals surface area (Å²) in [5, 5.41) is 25.9. The lowest BCUT2D eigenvalue weighted by molar-refractivity contribution is -0.141. The number of alkyl halides is 3. The summed E-state index contributed by atoms with van der Waals surface area (Å²) in [5.74, 6) is 0.121. The third-order valence-corrected chi connectivity index (χ3v) is 8.23. The molecule has 2 aliphatic heterocycles. The first-order valence-corrected chi connectivity index (χ1v) is 15.4. The van der Waals surface area contributed by atoms with Gasteiger partial charge in [-0.25, -0.2) is 9.97 Å². The molecule has 1 aromatic carbocycles. The van der Waals surface area contributed by atoms with Crippen LogP contribution in [0.2, 0.25) is 5.02 Å². The van der Waals surface area contributed by atoms with Gasteiger partial charge in [0, 0.05) is 76.6 Å². The van der Waals surface area contributed by atoms with Crippen molar-refractivity contribution < 1.29 is 32.7 Å². The van der Waals surface area contributed by atoms with Gasteiger partial charge in [-0.3, -0.25) is 28.4 Å². The van der Waals surface area contributed by atoms with E-state index in [2.05, 4.69) is 30.6 Å². The van der Waals surface area contributed by atoms with E-state index in [1.807, 2.05) is 4.90 Å². The first kappa shape index (κ1) is 35.1. The van der Waals surface area contributed by atoms with Crippen molar-refractivity contribution in [3.8, 4) is 17.3 Å². The number of imidazole rings is 1. The van der Waals surface area contributed by atoms with Crippen LogP contribution in [0.3, 0.4) is 0 Å². The summed E-state index contributed by atoms with van der Waals surface area (Å²) in [5.41, 5.74) is -0.201. The second-order valence-corrected chi connectivity index (χ2v) is 11.4. The van der Waals surface area contributed by atoms with Crippen LogP contribution in [0.5, 0.6) is 0 Å². The van der Waals surface area contributed by atoms with Gasteiger partial charge in [0.2, 0.25) is 5.91 Å². The van der Waals surface area contributed by atoms with E-state index in [0.717, 1.165) is 24.0 Å². The van der Waals surface area contributed by atoms with E-state index in [9.17, 15) is 22.8 Å². The third kappa shape index (κ3) is 8.08. The quantitative estimate of drug-likeness (QED) is 0.241. The average molecular weight is 702 g/mol. The summed E-state index contributed by atoms with van der Waals surface area (Å²) in [6, 6.07) is 6.61. The number of hydrogen-bond acceptors (Lipinski definition) is 10. The Kier molecular flexibility index (Phi) is 11.0. The van der Waals surface area contributed by atoms with E-state index in [4.69, 9.17) is 26.8 Å². The highest BCUT2D eigenvalue weighted by molar-refractivity contribution is 6.34. The molecule has 0 radical (unpaired) electrons. The van der Waals surface area contributed by atoms with Gasteiger partial charge in [-0.2, -0.15) is 23.5 Å². The van der Waals surface area contributed by atoms with Crippen molar-refractivity contribution in [2.75, 3.05) is 64.2 Å². The number of carboxylic acid groups (broad SMARTS) is 1. The number of rotatable bonds is 7. The van der Waals surface area contributed by atoms with Crippen molar-refractivity contribution in [3.63, 3.8) is 0 Å². The number of piperazine rings is 2. The van der Waals surface area contributed by atoms with Crippen molar-refractivity contribution in [2.45, 2.75) is 12.7 Å². The van der Waals surface area contributed by atoms with E-state index in [0.29, 0.717) is 57.1 Å². The van der Waals surface area contributed by atoms with Crippen molar-refractivity contribution in [1.82, 2.24) is 44.2 Å². The van der Waals surface area contributed by atoms with Gasteiger partial charge in [0.15, 0.2) is 17.2 Å². The number of fused-ring (bicyclic) bond motifs is 1. The Labute approximate surface area is 282 Å². The Hall–Kier alpha value is -5.25. The fourth-order valence-corrected chi connectivity index (χ4v) is 5.83. The van der Waals surface area contributed by atoms with E-state index >= 15 is 0 Å². The van der Waals surface area contributed by atoms with Crippen molar-refractivity contribution in [3.05, 3.63) is 59.3 Å².